The van der Waals surface area contributed by atoms with Crippen molar-refractivity contribution in [1.82, 2.24) is 0 Å². The zero-order chi connectivity index (χ0) is 10.9. The first kappa shape index (κ1) is 10.6. The van der Waals surface area contributed by atoms with Crippen LogP contribution in [0.15, 0.2) is 24.3 Å². The van der Waals surface area contributed by atoms with Gasteiger partial charge in [0.2, 0.25) is 0 Å². The molecule has 0 aliphatic carbocycles. The van der Waals surface area contributed by atoms with Gasteiger partial charge in [-0.2, -0.15) is 0 Å². The van der Waals surface area contributed by atoms with Crippen LogP contribution in [0, 0.1) is 12.3 Å². The summed E-state index contributed by atoms with van der Waals surface area (Å²) < 4.78 is 5.24. The maximum atomic E-state index is 6.24. The third-order valence-electron chi connectivity index (χ3n) is 3.28. The van der Waals surface area contributed by atoms with Crippen molar-refractivity contribution in [3.63, 3.8) is 0 Å². The van der Waals surface area contributed by atoms with Gasteiger partial charge in [0, 0.05) is 18.0 Å². The fourth-order valence-corrected chi connectivity index (χ4v) is 1.92. The van der Waals surface area contributed by atoms with E-state index in [2.05, 4.69) is 31.2 Å². The van der Waals surface area contributed by atoms with Gasteiger partial charge in [0.25, 0.3) is 0 Å². The fourth-order valence-electron chi connectivity index (χ4n) is 1.92. The Bertz CT molecular complexity index is 324. The number of benzene rings is 1. The molecule has 1 aliphatic rings. The van der Waals surface area contributed by atoms with Crippen LogP contribution < -0.4 is 11.5 Å². The molecule has 1 aliphatic heterocycles. The first-order chi connectivity index (χ1) is 7.18. The van der Waals surface area contributed by atoms with Crippen molar-refractivity contribution in [2.24, 2.45) is 16.9 Å². The van der Waals surface area contributed by atoms with Crippen LogP contribution in [-0.2, 0) is 4.74 Å². The zero-order valence-electron chi connectivity index (χ0n) is 9.07. The Kier molecular flexibility index (Phi) is 2.78. The summed E-state index contributed by atoms with van der Waals surface area (Å²) in [6.45, 7) is 4.01. The molecule has 1 heterocycles. The van der Waals surface area contributed by atoms with E-state index in [0.29, 0.717) is 19.8 Å². The number of ether oxygens (including phenoxy) is 1. The molecule has 0 radical (unpaired) electrons. The standard InChI is InChI=1S/C12H18N2O/c1-9-2-4-10(5-3-9)11(14)12(6-13)7-15-8-12/h2-5,11H,6-8,13-14H2,1H3. The van der Waals surface area contributed by atoms with E-state index in [0.717, 1.165) is 5.56 Å². The Labute approximate surface area is 90.4 Å². The largest absolute Gasteiger partial charge is 0.380 e. The van der Waals surface area contributed by atoms with E-state index in [-0.39, 0.29) is 11.5 Å². The van der Waals surface area contributed by atoms with Gasteiger partial charge in [-0.25, -0.2) is 0 Å². The predicted molar refractivity (Wildman–Crippen MR) is 60.4 cm³/mol. The lowest BCUT2D eigenvalue weighted by Gasteiger charge is -2.45. The molecule has 82 valence electrons. The molecule has 0 aromatic heterocycles. The molecule has 3 heteroatoms. The van der Waals surface area contributed by atoms with E-state index >= 15 is 0 Å². The number of aryl methyl sites for hydroxylation is 1. The quantitative estimate of drug-likeness (QED) is 0.774. The predicted octanol–water partition coefficient (Wildman–Crippen LogP) is 0.970. The van der Waals surface area contributed by atoms with E-state index in [9.17, 15) is 0 Å². The van der Waals surface area contributed by atoms with E-state index in [1.54, 1.807) is 0 Å². The molecular weight excluding hydrogens is 188 g/mol. The minimum Gasteiger partial charge on any atom is -0.380 e. The van der Waals surface area contributed by atoms with E-state index < -0.39 is 0 Å². The van der Waals surface area contributed by atoms with Crippen LogP contribution in [0.25, 0.3) is 0 Å². The van der Waals surface area contributed by atoms with Crippen LogP contribution in [-0.4, -0.2) is 19.8 Å². The third kappa shape index (κ3) is 1.78. The molecule has 0 spiro atoms. The van der Waals surface area contributed by atoms with Crippen LogP contribution in [0.4, 0.5) is 0 Å². The van der Waals surface area contributed by atoms with Crippen LogP contribution in [0.2, 0.25) is 0 Å². The first-order valence-electron chi connectivity index (χ1n) is 5.28. The monoisotopic (exact) mass is 206 g/mol. The molecule has 1 aromatic rings. The van der Waals surface area contributed by atoms with Crippen LogP contribution in [0.3, 0.4) is 0 Å². The van der Waals surface area contributed by atoms with Crippen LogP contribution in [0.1, 0.15) is 17.2 Å². The average molecular weight is 206 g/mol. The molecule has 4 N–H and O–H groups in total. The second kappa shape index (κ2) is 3.93. The fraction of sp³-hybridized carbons (Fsp3) is 0.500. The van der Waals surface area contributed by atoms with Crippen molar-refractivity contribution in [1.29, 1.82) is 0 Å². The van der Waals surface area contributed by atoms with Gasteiger partial charge in [0.1, 0.15) is 0 Å². The lowest BCUT2D eigenvalue weighted by Crippen LogP contribution is -2.54. The second-order valence-electron chi connectivity index (χ2n) is 4.45. The van der Waals surface area contributed by atoms with Crippen LogP contribution in [0.5, 0.6) is 0 Å². The van der Waals surface area contributed by atoms with Crippen LogP contribution >= 0.6 is 0 Å². The van der Waals surface area contributed by atoms with Crippen molar-refractivity contribution in [3.8, 4) is 0 Å². The highest BCUT2D eigenvalue weighted by Crippen LogP contribution is 2.37. The van der Waals surface area contributed by atoms with Gasteiger partial charge in [-0.05, 0) is 12.5 Å². The highest BCUT2D eigenvalue weighted by atomic mass is 16.5. The summed E-state index contributed by atoms with van der Waals surface area (Å²) in [5, 5.41) is 0. The number of hydrogen-bond donors (Lipinski definition) is 2. The van der Waals surface area contributed by atoms with Crippen molar-refractivity contribution in [2.75, 3.05) is 19.8 Å². The first-order valence-corrected chi connectivity index (χ1v) is 5.28. The summed E-state index contributed by atoms with van der Waals surface area (Å²) in [6.07, 6.45) is 0. The molecule has 1 fully saturated rings. The maximum Gasteiger partial charge on any atom is 0.0575 e. The lowest BCUT2D eigenvalue weighted by atomic mass is 9.75. The van der Waals surface area contributed by atoms with Crippen molar-refractivity contribution in [2.45, 2.75) is 13.0 Å². The highest BCUT2D eigenvalue weighted by Gasteiger charge is 2.43. The van der Waals surface area contributed by atoms with Crippen molar-refractivity contribution < 1.29 is 4.74 Å². The molecule has 2 rings (SSSR count). The highest BCUT2D eigenvalue weighted by molar-refractivity contribution is 5.26. The van der Waals surface area contributed by atoms with Crippen molar-refractivity contribution >= 4 is 0 Å². The zero-order valence-corrected chi connectivity index (χ0v) is 9.07. The summed E-state index contributed by atoms with van der Waals surface area (Å²) in [5.41, 5.74) is 14.4. The van der Waals surface area contributed by atoms with Gasteiger partial charge < -0.3 is 16.2 Å². The van der Waals surface area contributed by atoms with Gasteiger partial charge >= 0.3 is 0 Å². The summed E-state index contributed by atoms with van der Waals surface area (Å²) >= 11 is 0. The molecule has 15 heavy (non-hydrogen) atoms. The minimum atomic E-state index is -0.0464. The minimum absolute atomic E-state index is 0.0168. The van der Waals surface area contributed by atoms with E-state index in [4.69, 9.17) is 16.2 Å². The van der Waals surface area contributed by atoms with Gasteiger partial charge in [0.15, 0.2) is 0 Å². The van der Waals surface area contributed by atoms with Gasteiger partial charge in [-0.1, -0.05) is 29.8 Å². The molecular formula is C12H18N2O. The molecule has 1 unspecified atom stereocenters. The Morgan fingerprint density at radius 1 is 1.33 bits per heavy atom. The Hall–Kier alpha value is -0.900. The number of rotatable bonds is 3. The molecule has 1 atom stereocenters. The van der Waals surface area contributed by atoms with Gasteiger partial charge in [-0.15, -0.1) is 0 Å². The normalized spacial score (nSPS) is 20.7. The molecule has 1 aromatic carbocycles. The Morgan fingerprint density at radius 2 is 1.93 bits per heavy atom. The van der Waals surface area contributed by atoms with E-state index in [1.807, 2.05) is 0 Å². The second-order valence-corrected chi connectivity index (χ2v) is 4.45. The molecule has 3 nitrogen and oxygen atoms in total. The summed E-state index contributed by atoms with van der Waals surface area (Å²) in [7, 11) is 0. The summed E-state index contributed by atoms with van der Waals surface area (Å²) in [5.74, 6) is 0. The summed E-state index contributed by atoms with van der Waals surface area (Å²) in [4.78, 5) is 0. The number of hydrogen-bond acceptors (Lipinski definition) is 3. The topological polar surface area (TPSA) is 61.3 Å². The Morgan fingerprint density at radius 3 is 2.33 bits per heavy atom. The Balaban J connectivity index is 2.19. The van der Waals surface area contributed by atoms with E-state index in [1.165, 1.54) is 5.56 Å². The summed E-state index contributed by atoms with van der Waals surface area (Å²) in [6, 6.07) is 8.31. The SMILES string of the molecule is Cc1ccc(C(N)C2(CN)COC2)cc1. The molecule has 1 saturated heterocycles. The van der Waals surface area contributed by atoms with Gasteiger partial charge in [0.05, 0.1) is 13.2 Å². The van der Waals surface area contributed by atoms with Gasteiger partial charge in [-0.3, -0.25) is 0 Å². The molecule has 0 saturated carbocycles. The maximum absolute atomic E-state index is 6.24. The molecule has 0 bridgehead atoms. The smallest absolute Gasteiger partial charge is 0.0575 e. The number of nitrogens with two attached hydrogens (primary N) is 2. The third-order valence-corrected chi connectivity index (χ3v) is 3.28. The average Bonchev–Trinajstić information content (AvgIpc) is 2.18. The lowest BCUT2D eigenvalue weighted by molar-refractivity contribution is -0.121. The molecule has 0 amide bonds. The van der Waals surface area contributed by atoms with Crippen molar-refractivity contribution in [3.05, 3.63) is 35.4 Å².